The number of carbonyl (C=O) groups is 1. The van der Waals surface area contributed by atoms with E-state index in [4.69, 9.17) is 4.74 Å². The maximum atomic E-state index is 11.6. The van der Waals surface area contributed by atoms with Crippen molar-refractivity contribution in [2.45, 2.75) is 29.9 Å². The average molecular weight is 236 g/mol. The Morgan fingerprint density at radius 2 is 2.25 bits per heavy atom. The number of ether oxygens (including phenoxy) is 1. The second kappa shape index (κ2) is 4.91. The smallest absolute Gasteiger partial charge is 0.319 e. The summed E-state index contributed by atoms with van der Waals surface area (Å²) in [4.78, 5) is 12.8. The van der Waals surface area contributed by atoms with Gasteiger partial charge in [-0.05, 0) is 37.8 Å². The van der Waals surface area contributed by atoms with E-state index in [1.807, 2.05) is 6.07 Å². The van der Waals surface area contributed by atoms with E-state index in [1.165, 1.54) is 12.7 Å². The van der Waals surface area contributed by atoms with Crippen LogP contribution in [0.25, 0.3) is 0 Å². The number of esters is 1. The molecule has 0 radical (unpaired) electrons. The molecule has 1 atom stereocenters. The summed E-state index contributed by atoms with van der Waals surface area (Å²) in [5.74, 6) is 0.423. The molecular formula is C13H16O2S. The number of thioether (sulfide) groups is 1. The summed E-state index contributed by atoms with van der Waals surface area (Å²) in [5, 5.41) is -0.0215. The number of benzene rings is 1. The highest BCUT2D eigenvalue weighted by Crippen LogP contribution is 2.42. The fourth-order valence-corrected chi connectivity index (χ4v) is 3.05. The van der Waals surface area contributed by atoms with Crippen molar-refractivity contribution in [3.05, 3.63) is 29.8 Å². The maximum Gasteiger partial charge on any atom is 0.319 e. The third kappa shape index (κ3) is 2.79. The van der Waals surface area contributed by atoms with Crippen LogP contribution in [-0.4, -0.2) is 18.3 Å². The van der Waals surface area contributed by atoms with Gasteiger partial charge in [-0.25, -0.2) is 0 Å². The highest BCUT2D eigenvalue weighted by Gasteiger charge is 2.37. The Bertz CT molecular complexity index is 385. The van der Waals surface area contributed by atoms with Crippen molar-refractivity contribution in [3.8, 4) is 0 Å². The van der Waals surface area contributed by atoms with Crippen LogP contribution in [-0.2, 0) is 9.53 Å². The van der Waals surface area contributed by atoms with Crippen molar-refractivity contribution in [2.75, 3.05) is 7.11 Å². The Kier molecular flexibility index (Phi) is 3.54. The lowest BCUT2D eigenvalue weighted by molar-refractivity contribution is -0.140. The molecule has 3 heteroatoms. The Morgan fingerprint density at radius 1 is 1.50 bits per heavy atom. The molecule has 2 nitrogen and oxygen atoms in total. The van der Waals surface area contributed by atoms with E-state index >= 15 is 0 Å². The Hall–Kier alpha value is -0.960. The van der Waals surface area contributed by atoms with Gasteiger partial charge in [0.05, 0.1) is 7.11 Å². The fraction of sp³-hybridized carbons (Fsp3) is 0.462. The van der Waals surface area contributed by atoms with Gasteiger partial charge in [0, 0.05) is 4.90 Å². The number of hydrogen-bond acceptors (Lipinski definition) is 3. The third-order valence-corrected chi connectivity index (χ3v) is 4.09. The van der Waals surface area contributed by atoms with Gasteiger partial charge in [0.2, 0.25) is 0 Å². The van der Waals surface area contributed by atoms with Crippen molar-refractivity contribution in [1.29, 1.82) is 0 Å². The third-order valence-electron chi connectivity index (χ3n) is 2.74. The molecular weight excluding hydrogens is 220 g/mol. The topological polar surface area (TPSA) is 26.3 Å². The number of methoxy groups -OCH3 is 1. The molecule has 1 saturated carbocycles. The SMILES string of the molecule is COC(=O)C(Sc1cccc(C)c1)C1CC1. The zero-order valence-electron chi connectivity index (χ0n) is 9.60. The predicted octanol–water partition coefficient (Wildman–Crippen LogP) is 3.04. The number of carbonyl (C=O) groups excluding carboxylic acids is 1. The normalized spacial score (nSPS) is 16.9. The largest absolute Gasteiger partial charge is 0.468 e. The Labute approximate surface area is 100 Å². The highest BCUT2D eigenvalue weighted by atomic mass is 32.2. The summed E-state index contributed by atoms with van der Waals surface area (Å²) in [6.45, 7) is 2.06. The second-order valence-electron chi connectivity index (χ2n) is 4.22. The van der Waals surface area contributed by atoms with E-state index in [-0.39, 0.29) is 11.2 Å². The standard InChI is InChI=1S/C13H16O2S/c1-9-4-3-5-11(8-9)16-12(10-6-7-10)13(14)15-2/h3-5,8,10,12H,6-7H2,1-2H3. The molecule has 0 saturated heterocycles. The number of rotatable bonds is 4. The highest BCUT2D eigenvalue weighted by molar-refractivity contribution is 8.00. The quantitative estimate of drug-likeness (QED) is 0.593. The molecule has 1 aliphatic rings. The van der Waals surface area contributed by atoms with Crippen LogP contribution in [0.2, 0.25) is 0 Å². The fourth-order valence-electron chi connectivity index (χ4n) is 1.69. The van der Waals surface area contributed by atoms with Crippen LogP contribution in [0.1, 0.15) is 18.4 Å². The van der Waals surface area contributed by atoms with Crippen molar-refractivity contribution in [2.24, 2.45) is 5.92 Å². The van der Waals surface area contributed by atoms with Crippen molar-refractivity contribution in [3.63, 3.8) is 0 Å². The summed E-state index contributed by atoms with van der Waals surface area (Å²) < 4.78 is 4.86. The molecule has 1 unspecified atom stereocenters. The van der Waals surface area contributed by atoms with E-state index in [0.29, 0.717) is 5.92 Å². The van der Waals surface area contributed by atoms with Crippen molar-refractivity contribution < 1.29 is 9.53 Å². The minimum absolute atomic E-state index is 0.0215. The molecule has 0 amide bonds. The summed E-state index contributed by atoms with van der Waals surface area (Å²) in [6.07, 6.45) is 2.30. The molecule has 0 N–H and O–H groups in total. The van der Waals surface area contributed by atoms with Gasteiger partial charge in [-0.2, -0.15) is 0 Å². The first-order valence-corrected chi connectivity index (χ1v) is 6.40. The molecule has 1 aromatic rings. The van der Waals surface area contributed by atoms with Crippen LogP contribution in [0.5, 0.6) is 0 Å². The minimum Gasteiger partial charge on any atom is -0.468 e. The first-order chi connectivity index (χ1) is 7.70. The lowest BCUT2D eigenvalue weighted by Gasteiger charge is -2.13. The molecule has 1 fully saturated rings. The van der Waals surface area contributed by atoms with Gasteiger partial charge in [-0.15, -0.1) is 11.8 Å². The summed E-state index contributed by atoms with van der Waals surface area (Å²) in [6, 6.07) is 8.26. The van der Waals surface area contributed by atoms with E-state index in [9.17, 15) is 4.79 Å². The first kappa shape index (κ1) is 11.5. The minimum atomic E-state index is -0.0889. The van der Waals surface area contributed by atoms with E-state index < -0.39 is 0 Å². The molecule has 1 aliphatic carbocycles. The molecule has 86 valence electrons. The summed E-state index contributed by atoms with van der Waals surface area (Å²) in [5.41, 5.74) is 1.23. The van der Waals surface area contributed by atoms with Crippen LogP contribution < -0.4 is 0 Å². The van der Waals surface area contributed by atoms with Crippen molar-refractivity contribution in [1.82, 2.24) is 0 Å². The second-order valence-corrected chi connectivity index (χ2v) is 5.43. The van der Waals surface area contributed by atoms with E-state index in [1.54, 1.807) is 11.8 Å². The summed E-state index contributed by atoms with van der Waals surface area (Å²) in [7, 11) is 1.47. The van der Waals surface area contributed by atoms with Gasteiger partial charge >= 0.3 is 5.97 Å². The average Bonchev–Trinajstić information content (AvgIpc) is 3.09. The first-order valence-electron chi connectivity index (χ1n) is 5.52. The van der Waals surface area contributed by atoms with Crippen LogP contribution in [0.15, 0.2) is 29.2 Å². The van der Waals surface area contributed by atoms with Crippen LogP contribution in [0.3, 0.4) is 0 Å². The van der Waals surface area contributed by atoms with Gasteiger partial charge in [0.1, 0.15) is 5.25 Å². The van der Waals surface area contributed by atoms with Gasteiger partial charge in [0.25, 0.3) is 0 Å². The molecule has 1 aromatic carbocycles. The predicted molar refractivity (Wildman–Crippen MR) is 65.6 cm³/mol. The van der Waals surface area contributed by atoms with Gasteiger partial charge in [-0.1, -0.05) is 17.7 Å². The van der Waals surface area contributed by atoms with Crippen LogP contribution >= 0.6 is 11.8 Å². The molecule has 0 aliphatic heterocycles. The maximum absolute atomic E-state index is 11.6. The Balaban J connectivity index is 2.08. The zero-order chi connectivity index (χ0) is 11.5. The Morgan fingerprint density at radius 3 is 2.81 bits per heavy atom. The summed E-state index contributed by atoms with van der Waals surface area (Å²) >= 11 is 1.63. The molecule has 0 heterocycles. The van der Waals surface area contributed by atoms with Crippen LogP contribution in [0.4, 0.5) is 0 Å². The van der Waals surface area contributed by atoms with Gasteiger partial charge in [-0.3, -0.25) is 4.79 Å². The lowest BCUT2D eigenvalue weighted by Crippen LogP contribution is -2.20. The molecule has 2 rings (SSSR count). The van der Waals surface area contributed by atoms with Crippen molar-refractivity contribution >= 4 is 17.7 Å². The molecule has 0 bridgehead atoms. The molecule has 0 aromatic heterocycles. The van der Waals surface area contributed by atoms with Crippen LogP contribution in [0, 0.1) is 12.8 Å². The van der Waals surface area contributed by atoms with Gasteiger partial charge in [0.15, 0.2) is 0 Å². The van der Waals surface area contributed by atoms with Gasteiger partial charge < -0.3 is 4.74 Å². The van der Waals surface area contributed by atoms with E-state index in [2.05, 4.69) is 25.1 Å². The monoisotopic (exact) mass is 236 g/mol. The number of aryl methyl sites for hydroxylation is 1. The zero-order valence-corrected chi connectivity index (χ0v) is 10.4. The number of hydrogen-bond donors (Lipinski definition) is 0. The molecule has 16 heavy (non-hydrogen) atoms. The lowest BCUT2D eigenvalue weighted by atomic mass is 10.2. The van der Waals surface area contributed by atoms with E-state index in [0.717, 1.165) is 17.7 Å². The molecule has 0 spiro atoms.